The summed E-state index contributed by atoms with van der Waals surface area (Å²) in [4.78, 5) is 23.5. The highest BCUT2D eigenvalue weighted by atomic mass is 16.7. The summed E-state index contributed by atoms with van der Waals surface area (Å²) in [5, 5.41) is 3.28. The van der Waals surface area contributed by atoms with Crippen molar-refractivity contribution >= 4 is 11.7 Å². The highest BCUT2D eigenvalue weighted by molar-refractivity contribution is 5.93. The molecule has 1 spiro atoms. The predicted octanol–water partition coefficient (Wildman–Crippen LogP) is 2.38. The van der Waals surface area contributed by atoms with Gasteiger partial charge in [-0.05, 0) is 12.5 Å². The van der Waals surface area contributed by atoms with Gasteiger partial charge in [0.25, 0.3) is 5.91 Å². The van der Waals surface area contributed by atoms with Gasteiger partial charge in [0.15, 0.2) is 5.79 Å². The Hall–Kier alpha value is -2.51. The molecular weight excluding hydrogens is 344 g/mol. The second kappa shape index (κ2) is 7.62. The summed E-state index contributed by atoms with van der Waals surface area (Å²) in [6, 6.07) is 11.8. The lowest BCUT2D eigenvalue weighted by molar-refractivity contribution is -0.181. The number of likely N-dealkylation sites (tertiary alicyclic amines) is 1. The fraction of sp³-hybridized carbons (Fsp3) is 0.450. The third kappa shape index (κ3) is 4.09. The SMILES string of the molecule is Cc1nc(NCc2ccccc2)cc(C(=O)N2CCC3(CC2)OCCO3)n1. The molecule has 7 nitrogen and oxygen atoms in total. The molecule has 2 aromatic rings. The van der Waals surface area contributed by atoms with E-state index in [1.807, 2.05) is 35.2 Å². The van der Waals surface area contributed by atoms with Crippen LogP contribution < -0.4 is 5.32 Å². The molecule has 0 radical (unpaired) electrons. The molecule has 2 fully saturated rings. The first-order valence-corrected chi connectivity index (χ1v) is 9.34. The van der Waals surface area contributed by atoms with Crippen molar-refractivity contribution in [3.8, 4) is 0 Å². The molecule has 0 atom stereocenters. The molecule has 142 valence electrons. The molecule has 4 rings (SSSR count). The lowest BCUT2D eigenvalue weighted by Crippen LogP contribution is -2.47. The van der Waals surface area contributed by atoms with Crippen LogP contribution in [0.4, 0.5) is 5.82 Å². The van der Waals surface area contributed by atoms with Crippen molar-refractivity contribution in [3.05, 3.63) is 53.5 Å². The summed E-state index contributed by atoms with van der Waals surface area (Å²) in [7, 11) is 0. The van der Waals surface area contributed by atoms with Crippen molar-refractivity contribution in [2.45, 2.75) is 32.1 Å². The van der Waals surface area contributed by atoms with Gasteiger partial charge < -0.3 is 19.7 Å². The monoisotopic (exact) mass is 368 g/mol. The number of rotatable bonds is 4. The fourth-order valence-corrected chi connectivity index (χ4v) is 3.55. The molecule has 2 aliphatic heterocycles. The van der Waals surface area contributed by atoms with Crippen LogP contribution in [0.5, 0.6) is 0 Å². The number of hydrogen-bond acceptors (Lipinski definition) is 6. The standard InChI is InChI=1S/C20H24N4O3/c1-15-22-17(13-18(23-15)21-14-16-5-3-2-4-6-16)19(25)24-9-7-20(8-10-24)26-11-12-27-20/h2-6,13H,7-12,14H2,1H3,(H,21,22,23). The zero-order valence-corrected chi connectivity index (χ0v) is 15.5. The first-order chi connectivity index (χ1) is 13.1. The van der Waals surface area contributed by atoms with Gasteiger partial charge in [-0.3, -0.25) is 4.79 Å². The van der Waals surface area contributed by atoms with Crippen LogP contribution in [0.2, 0.25) is 0 Å². The van der Waals surface area contributed by atoms with Crippen LogP contribution >= 0.6 is 0 Å². The molecule has 27 heavy (non-hydrogen) atoms. The molecule has 0 unspecified atom stereocenters. The maximum atomic E-state index is 12.9. The van der Waals surface area contributed by atoms with Crippen LogP contribution in [0.25, 0.3) is 0 Å². The Morgan fingerprint density at radius 1 is 1.15 bits per heavy atom. The number of ether oxygens (including phenoxy) is 2. The Balaban J connectivity index is 1.42. The summed E-state index contributed by atoms with van der Waals surface area (Å²) in [5.74, 6) is 0.676. The van der Waals surface area contributed by atoms with Crippen molar-refractivity contribution in [3.63, 3.8) is 0 Å². The van der Waals surface area contributed by atoms with Gasteiger partial charge in [-0.2, -0.15) is 0 Å². The van der Waals surface area contributed by atoms with Crippen molar-refractivity contribution in [1.82, 2.24) is 14.9 Å². The minimum Gasteiger partial charge on any atom is -0.366 e. The van der Waals surface area contributed by atoms with E-state index >= 15 is 0 Å². The molecule has 1 N–H and O–H groups in total. The summed E-state index contributed by atoms with van der Waals surface area (Å²) < 4.78 is 11.5. The van der Waals surface area contributed by atoms with E-state index in [-0.39, 0.29) is 5.91 Å². The van der Waals surface area contributed by atoms with Crippen molar-refractivity contribution in [2.24, 2.45) is 0 Å². The van der Waals surface area contributed by atoms with E-state index in [4.69, 9.17) is 9.47 Å². The van der Waals surface area contributed by atoms with E-state index in [0.717, 1.165) is 5.56 Å². The van der Waals surface area contributed by atoms with Crippen molar-refractivity contribution in [2.75, 3.05) is 31.6 Å². The number of benzene rings is 1. The van der Waals surface area contributed by atoms with E-state index < -0.39 is 5.79 Å². The molecule has 1 amide bonds. The number of piperidine rings is 1. The lowest BCUT2D eigenvalue weighted by atomic mass is 10.0. The number of anilines is 1. The first-order valence-electron chi connectivity index (χ1n) is 9.34. The highest BCUT2D eigenvalue weighted by Gasteiger charge is 2.41. The van der Waals surface area contributed by atoms with E-state index in [1.165, 1.54) is 0 Å². The number of aromatic nitrogens is 2. The maximum absolute atomic E-state index is 12.9. The fourth-order valence-electron chi connectivity index (χ4n) is 3.55. The van der Waals surface area contributed by atoms with Gasteiger partial charge in [-0.15, -0.1) is 0 Å². The Morgan fingerprint density at radius 3 is 2.56 bits per heavy atom. The van der Waals surface area contributed by atoms with Crippen LogP contribution in [0.3, 0.4) is 0 Å². The minimum atomic E-state index is -0.485. The Kier molecular flexibility index (Phi) is 5.05. The van der Waals surface area contributed by atoms with Gasteiger partial charge in [0.1, 0.15) is 17.3 Å². The van der Waals surface area contributed by atoms with E-state index in [0.29, 0.717) is 63.0 Å². The van der Waals surface area contributed by atoms with E-state index in [9.17, 15) is 4.79 Å². The summed E-state index contributed by atoms with van der Waals surface area (Å²) in [6.45, 7) is 4.93. The quantitative estimate of drug-likeness (QED) is 0.893. The molecule has 1 aromatic carbocycles. The van der Waals surface area contributed by atoms with E-state index in [1.54, 1.807) is 13.0 Å². The van der Waals surface area contributed by atoms with Crippen LogP contribution in [0.15, 0.2) is 36.4 Å². The van der Waals surface area contributed by atoms with E-state index in [2.05, 4.69) is 15.3 Å². The molecule has 7 heteroatoms. The molecule has 0 saturated carbocycles. The topological polar surface area (TPSA) is 76.6 Å². The van der Waals surface area contributed by atoms with Crippen molar-refractivity contribution < 1.29 is 14.3 Å². The first kappa shape index (κ1) is 17.9. The summed E-state index contributed by atoms with van der Waals surface area (Å²) >= 11 is 0. The highest BCUT2D eigenvalue weighted by Crippen LogP contribution is 2.31. The molecule has 2 saturated heterocycles. The van der Waals surface area contributed by atoms with Crippen LogP contribution in [0.1, 0.15) is 34.7 Å². The normalized spacial score (nSPS) is 18.6. The van der Waals surface area contributed by atoms with Crippen LogP contribution in [-0.2, 0) is 16.0 Å². The van der Waals surface area contributed by atoms with Gasteiger partial charge in [-0.1, -0.05) is 30.3 Å². The van der Waals surface area contributed by atoms with Gasteiger partial charge in [0.05, 0.1) is 13.2 Å². The lowest BCUT2D eigenvalue weighted by Gasteiger charge is -2.37. The third-order valence-electron chi connectivity index (χ3n) is 5.00. The smallest absolute Gasteiger partial charge is 0.272 e. The third-order valence-corrected chi connectivity index (χ3v) is 5.00. The number of amides is 1. The molecule has 3 heterocycles. The molecule has 0 bridgehead atoms. The molecule has 0 aliphatic carbocycles. The Bertz CT molecular complexity index is 796. The second-order valence-electron chi connectivity index (χ2n) is 6.92. The average Bonchev–Trinajstić information content (AvgIpc) is 3.15. The van der Waals surface area contributed by atoms with Crippen LogP contribution in [0, 0.1) is 6.92 Å². The largest absolute Gasteiger partial charge is 0.366 e. The molecule has 1 aromatic heterocycles. The summed E-state index contributed by atoms with van der Waals surface area (Å²) in [6.07, 6.45) is 1.39. The van der Waals surface area contributed by atoms with Crippen molar-refractivity contribution in [1.29, 1.82) is 0 Å². The number of nitrogens with zero attached hydrogens (tertiary/aromatic N) is 3. The zero-order chi connectivity index (χ0) is 18.7. The number of nitrogens with one attached hydrogen (secondary N) is 1. The Labute approximate surface area is 158 Å². The van der Waals surface area contributed by atoms with Crippen LogP contribution in [-0.4, -0.2) is 52.9 Å². The number of carbonyl (C=O) groups is 1. The molecular formula is C20H24N4O3. The van der Waals surface area contributed by atoms with Gasteiger partial charge in [0, 0.05) is 38.5 Å². The second-order valence-corrected chi connectivity index (χ2v) is 6.92. The Morgan fingerprint density at radius 2 is 1.85 bits per heavy atom. The predicted molar refractivity (Wildman–Crippen MR) is 100 cm³/mol. The molecule has 2 aliphatic rings. The van der Waals surface area contributed by atoms with Gasteiger partial charge >= 0.3 is 0 Å². The number of aryl methyl sites for hydroxylation is 1. The maximum Gasteiger partial charge on any atom is 0.272 e. The van der Waals surface area contributed by atoms with Gasteiger partial charge in [0.2, 0.25) is 0 Å². The minimum absolute atomic E-state index is 0.0730. The van der Waals surface area contributed by atoms with Gasteiger partial charge in [-0.25, -0.2) is 9.97 Å². The summed E-state index contributed by atoms with van der Waals surface area (Å²) in [5.41, 5.74) is 1.57. The average molecular weight is 368 g/mol. The number of hydrogen-bond donors (Lipinski definition) is 1. The zero-order valence-electron chi connectivity index (χ0n) is 15.5. The number of carbonyl (C=O) groups excluding carboxylic acids is 1.